The van der Waals surface area contributed by atoms with Crippen LogP contribution in [-0.2, 0) is 14.1 Å². The summed E-state index contributed by atoms with van der Waals surface area (Å²) < 4.78 is 13.6. The maximum absolute atomic E-state index is 14.0. The molecule has 0 N–H and O–H groups in total. The molecule has 0 bridgehead atoms. The molecule has 0 saturated carbocycles. The first-order valence-electron chi connectivity index (χ1n) is 13.9. The summed E-state index contributed by atoms with van der Waals surface area (Å²) in [6.45, 7) is 0. The van der Waals surface area contributed by atoms with E-state index >= 15 is 0 Å². The monoisotopic (exact) mass is 576 g/mol. The smallest absolute Gasteiger partial charge is 0.197 e. The molecule has 44 heavy (non-hydrogen) atoms. The lowest BCUT2D eigenvalue weighted by Gasteiger charge is -2.15. The number of hydrogen-bond donors (Lipinski definition) is 0. The average Bonchev–Trinajstić information content (AvgIpc) is 3.74. The predicted molar refractivity (Wildman–Crippen MR) is 169 cm³/mol. The highest BCUT2D eigenvalue weighted by atomic mass is 16.6. The van der Waals surface area contributed by atoms with Crippen molar-refractivity contribution in [1.82, 2.24) is 29.8 Å². The van der Waals surface area contributed by atoms with Crippen LogP contribution in [-0.4, -0.2) is 29.8 Å². The van der Waals surface area contributed by atoms with Gasteiger partial charge in [-0.3, -0.25) is 9.59 Å². The van der Waals surface area contributed by atoms with Gasteiger partial charge >= 0.3 is 0 Å². The van der Waals surface area contributed by atoms with Crippen molar-refractivity contribution in [1.29, 1.82) is 0 Å². The third-order valence-electron chi connectivity index (χ3n) is 8.71. The van der Waals surface area contributed by atoms with Crippen molar-refractivity contribution >= 4 is 65.7 Å². The minimum Gasteiger partial charge on any atom is -0.343 e. The van der Waals surface area contributed by atoms with Crippen LogP contribution >= 0.6 is 0 Å². The van der Waals surface area contributed by atoms with E-state index in [1.54, 1.807) is 0 Å². The van der Waals surface area contributed by atoms with Crippen molar-refractivity contribution in [3.63, 3.8) is 0 Å². The zero-order valence-corrected chi connectivity index (χ0v) is 23.4. The molecule has 0 radical (unpaired) electrons. The van der Waals surface area contributed by atoms with E-state index < -0.39 is 0 Å². The van der Waals surface area contributed by atoms with Crippen LogP contribution < -0.4 is 10.9 Å². The molecule has 5 aromatic carbocycles. The fraction of sp³-hybridized carbons (Fsp3) is 0.0588. The van der Waals surface area contributed by atoms with E-state index in [0.717, 1.165) is 33.3 Å². The summed E-state index contributed by atoms with van der Waals surface area (Å²) in [5.41, 5.74) is 8.94. The van der Waals surface area contributed by atoms with Crippen LogP contribution in [0.2, 0.25) is 0 Å². The van der Waals surface area contributed by atoms with Gasteiger partial charge in [0.25, 0.3) is 0 Å². The second-order valence-electron chi connectivity index (χ2n) is 11.1. The molecule has 0 aliphatic carbocycles. The Morgan fingerprint density at radius 2 is 0.795 bits per heavy atom. The summed E-state index contributed by atoms with van der Waals surface area (Å²) in [5, 5.41) is 17.9. The molecule has 0 spiro atoms. The normalized spacial score (nSPS) is 12.0. The van der Waals surface area contributed by atoms with Gasteiger partial charge in [0, 0.05) is 35.6 Å². The fourth-order valence-electron chi connectivity index (χ4n) is 6.35. The van der Waals surface area contributed by atoms with Gasteiger partial charge in [-0.15, -0.1) is 0 Å². The first kappa shape index (κ1) is 24.4. The highest BCUT2D eigenvalue weighted by molar-refractivity contribution is 6.04. The molecule has 0 saturated heterocycles. The molecule has 210 valence electrons. The second-order valence-corrected chi connectivity index (χ2v) is 11.1. The standard InChI is InChI=1S/C34H20N6O4/c1-39-29-9-5-17(19-3-7-25-27(13-19)37-43-35-25)11-21(29)33(41)23-16-32-24(15-31(23)39)34(42)22-12-18(6-10-30(22)40(32)2)20-4-8-26-28(14-20)38-44-36-26/h3-16H,1-2H3. The maximum Gasteiger partial charge on any atom is 0.197 e. The maximum atomic E-state index is 14.0. The van der Waals surface area contributed by atoms with Crippen molar-refractivity contribution in [2.24, 2.45) is 14.1 Å². The number of fused-ring (bicyclic) bond motifs is 6. The molecular weight excluding hydrogens is 556 g/mol. The Bertz CT molecular complexity index is 2610. The Hall–Kier alpha value is -6.16. The third kappa shape index (κ3) is 3.36. The van der Waals surface area contributed by atoms with E-state index in [0.29, 0.717) is 54.6 Å². The van der Waals surface area contributed by atoms with Crippen LogP contribution in [0.5, 0.6) is 0 Å². The molecule has 0 aliphatic rings. The Labute approximate surface area is 246 Å². The quantitative estimate of drug-likeness (QED) is 0.226. The van der Waals surface area contributed by atoms with E-state index in [1.807, 2.05) is 108 Å². The molecule has 4 aromatic heterocycles. The summed E-state index contributed by atoms with van der Waals surface area (Å²) in [7, 11) is 3.84. The average molecular weight is 577 g/mol. The Balaban J connectivity index is 1.27. The van der Waals surface area contributed by atoms with Crippen molar-refractivity contribution in [3.05, 3.63) is 105 Å². The summed E-state index contributed by atoms with van der Waals surface area (Å²) in [6, 6.07) is 26.7. The molecule has 4 heterocycles. The van der Waals surface area contributed by atoms with Crippen LogP contribution in [0.3, 0.4) is 0 Å². The van der Waals surface area contributed by atoms with Gasteiger partial charge in [0.1, 0.15) is 22.1 Å². The minimum atomic E-state index is -0.0957. The van der Waals surface area contributed by atoms with Crippen molar-refractivity contribution < 1.29 is 9.26 Å². The largest absolute Gasteiger partial charge is 0.343 e. The summed E-state index contributed by atoms with van der Waals surface area (Å²) in [6.07, 6.45) is 0. The summed E-state index contributed by atoms with van der Waals surface area (Å²) in [4.78, 5) is 28.0. The van der Waals surface area contributed by atoms with Crippen LogP contribution in [0.4, 0.5) is 0 Å². The molecule has 0 aliphatic heterocycles. The highest BCUT2D eigenvalue weighted by Crippen LogP contribution is 2.30. The number of rotatable bonds is 2. The van der Waals surface area contributed by atoms with E-state index in [4.69, 9.17) is 9.26 Å². The third-order valence-corrected chi connectivity index (χ3v) is 8.71. The Kier molecular flexibility index (Phi) is 4.82. The lowest BCUT2D eigenvalue weighted by Crippen LogP contribution is -2.13. The van der Waals surface area contributed by atoms with Gasteiger partial charge < -0.3 is 9.13 Å². The second kappa shape index (κ2) is 8.68. The topological polar surface area (TPSA) is 122 Å². The predicted octanol–water partition coefficient (Wildman–Crippen LogP) is 6.10. The fourth-order valence-corrected chi connectivity index (χ4v) is 6.35. The molecule has 0 amide bonds. The van der Waals surface area contributed by atoms with Gasteiger partial charge in [-0.2, -0.15) is 0 Å². The lowest BCUT2D eigenvalue weighted by atomic mass is 9.99. The van der Waals surface area contributed by atoms with Gasteiger partial charge in [0.05, 0.1) is 22.1 Å². The van der Waals surface area contributed by atoms with Gasteiger partial charge in [0.2, 0.25) is 0 Å². The minimum absolute atomic E-state index is 0.0957. The van der Waals surface area contributed by atoms with Gasteiger partial charge in [-0.05, 0) is 104 Å². The van der Waals surface area contributed by atoms with Crippen LogP contribution in [0.1, 0.15) is 0 Å². The molecule has 10 nitrogen and oxygen atoms in total. The van der Waals surface area contributed by atoms with Crippen molar-refractivity contribution in [2.75, 3.05) is 0 Å². The Morgan fingerprint density at radius 3 is 1.25 bits per heavy atom. The lowest BCUT2D eigenvalue weighted by molar-refractivity contribution is 0.315. The molecule has 9 aromatic rings. The summed E-state index contributed by atoms with van der Waals surface area (Å²) in [5.74, 6) is 0. The molecule has 9 rings (SSSR count). The number of benzene rings is 5. The van der Waals surface area contributed by atoms with E-state index in [-0.39, 0.29) is 10.9 Å². The van der Waals surface area contributed by atoms with E-state index in [1.165, 1.54) is 0 Å². The van der Waals surface area contributed by atoms with Gasteiger partial charge in [-0.25, -0.2) is 9.26 Å². The molecule has 0 fully saturated rings. The van der Waals surface area contributed by atoms with E-state index in [2.05, 4.69) is 20.6 Å². The summed E-state index contributed by atoms with van der Waals surface area (Å²) >= 11 is 0. The highest BCUT2D eigenvalue weighted by Gasteiger charge is 2.17. The molecule has 0 unspecified atom stereocenters. The zero-order chi connectivity index (χ0) is 29.7. The van der Waals surface area contributed by atoms with Crippen molar-refractivity contribution in [3.8, 4) is 22.3 Å². The first-order chi connectivity index (χ1) is 21.4. The van der Waals surface area contributed by atoms with Crippen LogP contribution in [0.15, 0.2) is 104 Å². The molecule has 10 heteroatoms. The Morgan fingerprint density at radius 1 is 0.432 bits per heavy atom. The van der Waals surface area contributed by atoms with Crippen LogP contribution in [0, 0.1) is 0 Å². The number of hydrogen-bond acceptors (Lipinski definition) is 8. The number of nitrogens with zero attached hydrogens (tertiary/aromatic N) is 6. The molecular formula is C34H20N6O4. The molecule has 0 atom stereocenters. The van der Waals surface area contributed by atoms with Gasteiger partial charge in [-0.1, -0.05) is 24.3 Å². The number of aromatic nitrogens is 6. The van der Waals surface area contributed by atoms with Gasteiger partial charge in [0.15, 0.2) is 10.9 Å². The van der Waals surface area contributed by atoms with Crippen molar-refractivity contribution in [2.45, 2.75) is 0 Å². The number of aryl methyl sites for hydroxylation is 2. The zero-order valence-electron chi connectivity index (χ0n) is 23.4. The van der Waals surface area contributed by atoms with Crippen LogP contribution in [0.25, 0.3) is 87.9 Å². The first-order valence-corrected chi connectivity index (χ1v) is 13.9. The number of pyridine rings is 2. The van der Waals surface area contributed by atoms with E-state index in [9.17, 15) is 9.59 Å². The SMILES string of the molecule is Cn1c2ccc(-c3ccc4nonc4c3)cc2c(=O)c2cc3c(cc21)c(=O)c1cc(-c2ccc4nonc4c2)ccc1n3C.